The molecular weight excluding hydrogens is 538 g/mol. The first-order chi connectivity index (χ1) is 16.1. The van der Waals surface area contributed by atoms with Gasteiger partial charge in [0, 0.05) is 21.6 Å². The van der Waals surface area contributed by atoms with Gasteiger partial charge in [-0.3, -0.25) is 0 Å². The minimum Gasteiger partial charge on any atom is -0.493 e. The minimum absolute atomic E-state index is 0.212. The van der Waals surface area contributed by atoms with Gasteiger partial charge in [0.05, 0.1) is 17.6 Å². The van der Waals surface area contributed by atoms with Gasteiger partial charge in [0.2, 0.25) is 0 Å². The van der Waals surface area contributed by atoms with E-state index in [1.165, 1.54) is 13.4 Å². The van der Waals surface area contributed by atoms with E-state index in [0.29, 0.717) is 33.2 Å². The summed E-state index contributed by atoms with van der Waals surface area (Å²) in [5.41, 5.74) is 1.20. The fraction of sp³-hybridized carbons (Fsp3) is 0.333. The van der Waals surface area contributed by atoms with Crippen molar-refractivity contribution in [2.75, 3.05) is 19.0 Å². The molecule has 0 aliphatic carbocycles. The Kier molecular flexibility index (Phi) is 7.12. The Morgan fingerprint density at radius 3 is 2.59 bits per heavy atom. The summed E-state index contributed by atoms with van der Waals surface area (Å²) >= 11 is 9.51. The maximum absolute atomic E-state index is 10.1. The number of aliphatic hydroxyl groups excluding tert-OH is 3. The Morgan fingerprint density at radius 1 is 1.12 bits per heavy atom. The molecule has 4 rings (SSSR count). The molecule has 0 spiro atoms. The van der Waals surface area contributed by atoms with Gasteiger partial charge in [-0.2, -0.15) is 0 Å². The van der Waals surface area contributed by atoms with Crippen LogP contribution in [0.1, 0.15) is 0 Å². The lowest BCUT2D eigenvalue weighted by molar-refractivity contribution is -0.434. The molecule has 1 aliphatic rings. The van der Waals surface area contributed by atoms with Gasteiger partial charge in [-0.1, -0.05) is 11.6 Å². The molecule has 0 bridgehead atoms. The van der Waals surface area contributed by atoms with Crippen LogP contribution in [-0.2, 0) is 4.74 Å². The molecule has 1 aliphatic heterocycles. The Bertz CT molecular complexity index is 1200. The van der Waals surface area contributed by atoms with E-state index in [4.69, 9.17) is 25.8 Å². The Hall–Kier alpha value is -2.29. The zero-order valence-electron chi connectivity index (χ0n) is 17.6. The molecule has 34 heavy (non-hydrogen) atoms. The van der Waals surface area contributed by atoms with Crippen LogP contribution in [0.3, 0.4) is 0 Å². The second kappa shape index (κ2) is 9.76. The van der Waals surface area contributed by atoms with Gasteiger partial charge in [-0.05, 0) is 40.2 Å². The number of hydrogen-bond donors (Lipinski definition) is 6. The van der Waals surface area contributed by atoms with Gasteiger partial charge < -0.3 is 45.1 Å². The number of halogens is 2. The van der Waals surface area contributed by atoms with Gasteiger partial charge in [-0.25, -0.2) is 9.97 Å². The smallest absolute Gasteiger partial charge is 0.308 e. The molecule has 13 heteroatoms. The molecule has 6 N–H and O–H groups in total. The zero-order chi connectivity index (χ0) is 24.6. The lowest BCUT2D eigenvalue weighted by Gasteiger charge is -2.42. The quantitative estimate of drug-likeness (QED) is 0.241. The number of nitrogens with one attached hydrogen (secondary N) is 1. The van der Waals surface area contributed by atoms with Crippen molar-refractivity contribution < 1.29 is 39.7 Å². The fourth-order valence-electron chi connectivity index (χ4n) is 3.44. The van der Waals surface area contributed by atoms with Crippen molar-refractivity contribution in [2.24, 2.45) is 0 Å². The van der Waals surface area contributed by atoms with Gasteiger partial charge in [0.25, 0.3) is 0 Å². The van der Waals surface area contributed by atoms with Crippen LogP contribution < -0.4 is 14.8 Å². The van der Waals surface area contributed by atoms with Crippen LogP contribution in [0.25, 0.3) is 10.9 Å². The van der Waals surface area contributed by atoms with E-state index in [-0.39, 0.29) is 5.75 Å². The first kappa shape index (κ1) is 24.8. The van der Waals surface area contributed by atoms with Crippen LogP contribution in [-0.4, -0.2) is 79.6 Å². The third-order valence-electron chi connectivity index (χ3n) is 5.27. The molecule has 0 unspecified atom stereocenters. The topological polar surface area (TPSA) is 167 Å². The van der Waals surface area contributed by atoms with Gasteiger partial charge in [-0.15, -0.1) is 0 Å². The van der Waals surface area contributed by atoms with Gasteiger partial charge >= 0.3 is 5.97 Å². The monoisotopic (exact) mass is 557 g/mol. The number of aromatic nitrogens is 2. The van der Waals surface area contributed by atoms with Crippen molar-refractivity contribution in [3.8, 4) is 11.5 Å². The number of fused-ring (bicyclic) bond motifs is 1. The van der Waals surface area contributed by atoms with Crippen LogP contribution in [0.4, 0.5) is 11.5 Å². The van der Waals surface area contributed by atoms with E-state index in [9.17, 15) is 25.5 Å². The lowest BCUT2D eigenvalue weighted by Crippen LogP contribution is -2.65. The van der Waals surface area contributed by atoms with E-state index in [1.807, 2.05) is 6.07 Å². The highest BCUT2D eigenvalue weighted by Crippen LogP contribution is 2.36. The summed E-state index contributed by atoms with van der Waals surface area (Å²) in [5, 5.41) is 53.4. The molecule has 0 radical (unpaired) electrons. The summed E-state index contributed by atoms with van der Waals surface area (Å²) in [7, 11) is 1.43. The molecular formula is C21H21BrClN3O8. The Balaban J connectivity index is 1.59. The molecule has 2 aromatic carbocycles. The maximum atomic E-state index is 10.1. The number of aliphatic hydroxyl groups is 5. The molecule has 1 fully saturated rings. The van der Waals surface area contributed by atoms with E-state index >= 15 is 0 Å². The van der Waals surface area contributed by atoms with Crippen molar-refractivity contribution in [1.29, 1.82) is 0 Å². The number of anilines is 2. The van der Waals surface area contributed by atoms with E-state index < -0.39 is 37.0 Å². The van der Waals surface area contributed by atoms with Crippen LogP contribution in [0, 0.1) is 0 Å². The predicted molar refractivity (Wildman–Crippen MR) is 124 cm³/mol. The second-order valence-corrected chi connectivity index (χ2v) is 8.81. The fourth-order valence-corrected chi connectivity index (χ4v) is 3.87. The van der Waals surface area contributed by atoms with Crippen LogP contribution in [0.15, 0.2) is 41.1 Å². The Labute approximate surface area is 206 Å². The molecule has 4 atom stereocenters. The van der Waals surface area contributed by atoms with Crippen LogP contribution >= 0.6 is 27.5 Å². The molecule has 0 saturated carbocycles. The SMILES string of the molecule is COc1cc2c(Nc3ccc(Br)c(Cl)c3)ncnc2cc1OC[C@H]1OC(O)(O)[C@H](O)[C@@H](O)[C@@H]1O. The third kappa shape index (κ3) is 4.90. The zero-order valence-corrected chi connectivity index (χ0v) is 19.9. The number of hydrogen-bond acceptors (Lipinski definition) is 11. The van der Waals surface area contributed by atoms with Crippen molar-refractivity contribution >= 4 is 49.9 Å². The molecule has 11 nitrogen and oxygen atoms in total. The first-order valence-corrected chi connectivity index (χ1v) is 11.1. The second-order valence-electron chi connectivity index (χ2n) is 7.55. The normalized spacial score (nSPS) is 24.1. The largest absolute Gasteiger partial charge is 0.493 e. The minimum atomic E-state index is -3.05. The lowest BCUT2D eigenvalue weighted by atomic mass is 9.98. The average molecular weight is 559 g/mol. The first-order valence-electron chi connectivity index (χ1n) is 9.95. The number of methoxy groups -OCH3 is 1. The van der Waals surface area contributed by atoms with Crippen molar-refractivity contribution in [3.05, 3.63) is 46.2 Å². The van der Waals surface area contributed by atoms with Crippen LogP contribution in [0.5, 0.6) is 11.5 Å². The summed E-state index contributed by atoms with van der Waals surface area (Å²) in [6, 6.07) is 8.57. The molecule has 2 heterocycles. The summed E-state index contributed by atoms with van der Waals surface area (Å²) in [6.45, 7) is -0.400. The number of rotatable bonds is 6. The standard InChI is InChI=1S/C21H21BrClN3O8/c1-32-14-5-10-13(24-8-25-20(10)26-9-2-3-11(22)12(23)4-9)6-15(14)33-7-16-17(27)18(28)19(29)21(30,31)34-16/h2-6,8,16-19,27-31H,7H2,1H3,(H,24,25,26)/t16-,17-,18+,19-/m1/s1. The highest BCUT2D eigenvalue weighted by atomic mass is 79.9. The number of benzene rings is 2. The van der Waals surface area contributed by atoms with Crippen molar-refractivity contribution in [3.63, 3.8) is 0 Å². The Morgan fingerprint density at radius 2 is 1.88 bits per heavy atom. The van der Waals surface area contributed by atoms with E-state index in [1.54, 1.807) is 24.3 Å². The molecule has 182 valence electrons. The van der Waals surface area contributed by atoms with E-state index in [2.05, 4.69) is 31.2 Å². The van der Waals surface area contributed by atoms with Gasteiger partial charge in [0.15, 0.2) is 17.6 Å². The number of nitrogens with zero attached hydrogens (tertiary/aromatic N) is 2. The molecule has 0 amide bonds. The van der Waals surface area contributed by atoms with Crippen molar-refractivity contribution in [2.45, 2.75) is 30.4 Å². The highest BCUT2D eigenvalue weighted by Gasteiger charge is 2.52. The molecule has 1 saturated heterocycles. The van der Waals surface area contributed by atoms with E-state index in [0.717, 1.165) is 4.47 Å². The predicted octanol–water partition coefficient (Wildman–Crippen LogP) is 1.30. The summed E-state index contributed by atoms with van der Waals surface area (Å²) in [6.07, 6.45) is -5.61. The maximum Gasteiger partial charge on any atom is 0.308 e. The summed E-state index contributed by atoms with van der Waals surface area (Å²) in [5.74, 6) is -2.06. The highest BCUT2D eigenvalue weighted by molar-refractivity contribution is 9.10. The summed E-state index contributed by atoms with van der Waals surface area (Å²) < 4.78 is 16.7. The van der Waals surface area contributed by atoms with Gasteiger partial charge in [0.1, 0.15) is 37.1 Å². The average Bonchev–Trinajstić information content (AvgIpc) is 2.81. The van der Waals surface area contributed by atoms with Crippen LogP contribution in [0.2, 0.25) is 5.02 Å². The molecule has 1 aromatic heterocycles. The van der Waals surface area contributed by atoms with Crippen molar-refractivity contribution in [1.82, 2.24) is 9.97 Å². The summed E-state index contributed by atoms with van der Waals surface area (Å²) in [4.78, 5) is 8.54. The third-order valence-corrected chi connectivity index (χ3v) is 6.50. The molecule has 3 aromatic rings. The number of ether oxygens (including phenoxy) is 3.